The van der Waals surface area contributed by atoms with Gasteiger partial charge in [0.25, 0.3) is 5.91 Å². The number of oxazole rings is 1. The Morgan fingerprint density at radius 2 is 1.93 bits per heavy atom. The molecule has 0 aliphatic carbocycles. The molecule has 2 aromatic heterocycles. The molecule has 0 aliphatic heterocycles. The SMILES string of the molecule is Cc1cc(C)c2oc(-c3cccc(NC(=O)c4cccnc4Cl)c3C)nc2c1. The number of aromatic nitrogens is 2. The maximum Gasteiger partial charge on any atom is 0.258 e. The predicted octanol–water partition coefficient (Wildman–Crippen LogP) is 5.72. The van der Waals surface area contributed by atoms with Gasteiger partial charge in [-0.05, 0) is 67.8 Å². The second-order valence-corrected chi connectivity index (χ2v) is 7.08. The lowest BCUT2D eigenvalue weighted by Gasteiger charge is -2.11. The van der Waals surface area contributed by atoms with Crippen LogP contribution in [-0.2, 0) is 0 Å². The van der Waals surface area contributed by atoms with Crippen molar-refractivity contribution < 1.29 is 9.21 Å². The van der Waals surface area contributed by atoms with Crippen LogP contribution in [0, 0.1) is 20.8 Å². The van der Waals surface area contributed by atoms with E-state index in [9.17, 15) is 4.79 Å². The number of benzene rings is 2. The van der Waals surface area contributed by atoms with Crippen molar-refractivity contribution in [2.45, 2.75) is 20.8 Å². The minimum atomic E-state index is -0.317. The van der Waals surface area contributed by atoms with Gasteiger partial charge in [0.2, 0.25) is 5.89 Å². The van der Waals surface area contributed by atoms with Crippen molar-refractivity contribution in [3.63, 3.8) is 0 Å². The Kier molecular flexibility index (Phi) is 4.61. The minimum absolute atomic E-state index is 0.165. The summed E-state index contributed by atoms with van der Waals surface area (Å²) in [6.07, 6.45) is 1.54. The first-order valence-electron chi connectivity index (χ1n) is 8.83. The monoisotopic (exact) mass is 391 g/mol. The molecule has 2 aromatic carbocycles. The fourth-order valence-electron chi connectivity index (χ4n) is 3.24. The molecule has 0 saturated heterocycles. The Hall–Kier alpha value is -3.18. The van der Waals surface area contributed by atoms with E-state index < -0.39 is 0 Å². The number of aryl methyl sites for hydroxylation is 2. The highest BCUT2D eigenvalue weighted by Crippen LogP contribution is 2.32. The van der Waals surface area contributed by atoms with Gasteiger partial charge < -0.3 is 9.73 Å². The van der Waals surface area contributed by atoms with E-state index in [0.717, 1.165) is 33.4 Å². The molecule has 0 fully saturated rings. The molecule has 5 nitrogen and oxygen atoms in total. The molecule has 4 rings (SSSR count). The summed E-state index contributed by atoms with van der Waals surface area (Å²) in [5.41, 5.74) is 6.44. The second-order valence-electron chi connectivity index (χ2n) is 6.72. The Morgan fingerprint density at radius 3 is 2.71 bits per heavy atom. The van der Waals surface area contributed by atoms with E-state index in [-0.39, 0.29) is 11.1 Å². The van der Waals surface area contributed by atoms with Gasteiger partial charge >= 0.3 is 0 Å². The number of hydrogen-bond acceptors (Lipinski definition) is 4. The molecule has 0 unspecified atom stereocenters. The summed E-state index contributed by atoms with van der Waals surface area (Å²) in [6.45, 7) is 5.96. The summed E-state index contributed by atoms with van der Waals surface area (Å²) in [6, 6.07) is 13.0. The van der Waals surface area contributed by atoms with Crippen molar-refractivity contribution >= 4 is 34.3 Å². The summed E-state index contributed by atoms with van der Waals surface area (Å²) in [7, 11) is 0. The number of anilines is 1. The summed E-state index contributed by atoms with van der Waals surface area (Å²) in [4.78, 5) is 21.2. The fraction of sp³-hybridized carbons (Fsp3) is 0.136. The largest absolute Gasteiger partial charge is 0.436 e. The van der Waals surface area contributed by atoms with Crippen LogP contribution in [0.15, 0.2) is 53.1 Å². The first kappa shape index (κ1) is 18.2. The van der Waals surface area contributed by atoms with Crippen LogP contribution in [-0.4, -0.2) is 15.9 Å². The standard InChI is InChI=1S/C22H18ClN3O2/c1-12-10-13(2)19-18(11-12)26-22(28-19)15-6-4-8-17(14(15)3)25-21(27)16-7-5-9-24-20(16)23/h4-11H,1-3H3,(H,25,27). The molecule has 1 amide bonds. The van der Waals surface area contributed by atoms with Crippen LogP contribution in [0.3, 0.4) is 0 Å². The molecule has 0 aliphatic rings. The van der Waals surface area contributed by atoms with E-state index >= 15 is 0 Å². The quantitative estimate of drug-likeness (QED) is 0.453. The third-order valence-electron chi connectivity index (χ3n) is 4.64. The summed E-state index contributed by atoms with van der Waals surface area (Å²) >= 11 is 6.03. The molecule has 2 heterocycles. The molecule has 4 aromatic rings. The molecule has 0 bridgehead atoms. The fourth-order valence-corrected chi connectivity index (χ4v) is 3.44. The summed E-state index contributed by atoms with van der Waals surface area (Å²) in [5.74, 6) is 0.207. The van der Waals surface area contributed by atoms with Crippen molar-refractivity contribution in [1.82, 2.24) is 9.97 Å². The van der Waals surface area contributed by atoms with Gasteiger partial charge in [0.15, 0.2) is 5.58 Å². The van der Waals surface area contributed by atoms with Gasteiger partial charge in [0, 0.05) is 17.4 Å². The van der Waals surface area contributed by atoms with Gasteiger partial charge in [0.1, 0.15) is 10.7 Å². The second kappa shape index (κ2) is 7.09. The Morgan fingerprint density at radius 1 is 1.11 bits per heavy atom. The minimum Gasteiger partial charge on any atom is -0.436 e. The van der Waals surface area contributed by atoms with Crippen LogP contribution < -0.4 is 5.32 Å². The number of hydrogen-bond donors (Lipinski definition) is 1. The van der Waals surface area contributed by atoms with Crippen molar-refractivity contribution in [1.29, 1.82) is 0 Å². The first-order chi connectivity index (χ1) is 13.4. The molecule has 6 heteroatoms. The van der Waals surface area contributed by atoms with Crippen molar-refractivity contribution in [2.24, 2.45) is 0 Å². The number of nitrogens with one attached hydrogen (secondary N) is 1. The molecule has 0 atom stereocenters. The lowest BCUT2D eigenvalue weighted by Crippen LogP contribution is -2.14. The zero-order chi connectivity index (χ0) is 19.8. The van der Waals surface area contributed by atoms with E-state index in [4.69, 9.17) is 16.0 Å². The average molecular weight is 392 g/mol. The molecule has 140 valence electrons. The molecule has 28 heavy (non-hydrogen) atoms. The predicted molar refractivity (Wildman–Crippen MR) is 111 cm³/mol. The Balaban J connectivity index is 1.72. The molecule has 0 radical (unpaired) electrons. The number of carbonyl (C=O) groups is 1. The number of rotatable bonds is 3. The van der Waals surface area contributed by atoms with Crippen molar-refractivity contribution in [3.05, 3.63) is 76.1 Å². The van der Waals surface area contributed by atoms with Gasteiger partial charge in [-0.15, -0.1) is 0 Å². The van der Waals surface area contributed by atoms with Crippen molar-refractivity contribution in [3.8, 4) is 11.5 Å². The van der Waals surface area contributed by atoms with Crippen LogP contribution in [0.4, 0.5) is 5.69 Å². The number of halogens is 1. The van der Waals surface area contributed by atoms with Crippen LogP contribution in [0.1, 0.15) is 27.0 Å². The Labute approximate surface area is 167 Å². The lowest BCUT2D eigenvalue weighted by atomic mass is 10.1. The van der Waals surface area contributed by atoms with Crippen LogP contribution in [0.2, 0.25) is 5.15 Å². The van der Waals surface area contributed by atoms with Crippen LogP contribution >= 0.6 is 11.6 Å². The smallest absolute Gasteiger partial charge is 0.258 e. The third kappa shape index (κ3) is 3.25. The number of pyridine rings is 1. The zero-order valence-electron chi connectivity index (χ0n) is 15.7. The number of fused-ring (bicyclic) bond motifs is 1. The van der Waals surface area contributed by atoms with E-state index in [1.54, 1.807) is 18.3 Å². The van der Waals surface area contributed by atoms with E-state index in [1.807, 2.05) is 45.0 Å². The van der Waals surface area contributed by atoms with E-state index in [2.05, 4.69) is 21.4 Å². The summed E-state index contributed by atoms with van der Waals surface area (Å²) < 4.78 is 6.03. The normalized spacial score (nSPS) is 11.0. The average Bonchev–Trinajstić information content (AvgIpc) is 3.08. The zero-order valence-corrected chi connectivity index (χ0v) is 16.5. The topological polar surface area (TPSA) is 68.0 Å². The number of nitrogens with zero attached hydrogens (tertiary/aromatic N) is 2. The molecule has 1 N–H and O–H groups in total. The van der Waals surface area contributed by atoms with Gasteiger partial charge in [-0.2, -0.15) is 0 Å². The Bertz CT molecular complexity index is 1210. The maximum absolute atomic E-state index is 12.6. The lowest BCUT2D eigenvalue weighted by molar-refractivity contribution is 0.102. The van der Waals surface area contributed by atoms with Gasteiger partial charge in [-0.3, -0.25) is 4.79 Å². The van der Waals surface area contributed by atoms with E-state index in [1.165, 1.54) is 0 Å². The van der Waals surface area contributed by atoms with Gasteiger partial charge in [0.05, 0.1) is 5.56 Å². The number of amides is 1. The van der Waals surface area contributed by atoms with Gasteiger partial charge in [-0.1, -0.05) is 23.7 Å². The highest BCUT2D eigenvalue weighted by atomic mass is 35.5. The highest BCUT2D eigenvalue weighted by molar-refractivity contribution is 6.33. The highest BCUT2D eigenvalue weighted by Gasteiger charge is 2.17. The molecular weight excluding hydrogens is 374 g/mol. The van der Waals surface area contributed by atoms with Crippen LogP contribution in [0.5, 0.6) is 0 Å². The molecular formula is C22H18ClN3O2. The number of carbonyl (C=O) groups excluding carboxylic acids is 1. The first-order valence-corrected chi connectivity index (χ1v) is 9.21. The van der Waals surface area contributed by atoms with E-state index in [0.29, 0.717) is 17.1 Å². The maximum atomic E-state index is 12.6. The van der Waals surface area contributed by atoms with Crippen molar-refractivity contribution in [2.75, 3.05) is 5.32 Å². The van der Waals surface area contributed by atoms with Crippen LogP contribution in [0.25, 0.3) is 22.6 Å². The third-order valence-corrected chi connectivity index (χ3v) is 4.94. The van der Waals surface area contributed by atoms with Gasteiger partial charge in [-0.25, -0.2) is 9.97 Å². The summed E-state index contributed by atoms with van der Waals surface area (Å²) in [5, 5.41) is 3.06. The molecule has 0 spiro atoms. The molecule has 0 saturated carbocycles.